The lowest BCUT2D eigenvalue weighted by Crippen LogP contribution is -2.10. The highest BCUT2D eigenvalue weighted by atomic mass is 32.1. The molecule has 0 spiro atoms. The van der Waals surface area contributed by atoms with Crippen molar-refractivity contribution in [2.24, 2.45) is 5.73 Å². The summed E-state index contributed by atoms with van der Waals surface area (Å²) in [6.07, 6.45) is 1.82. The number of hydrogen-bond acceptors (Lipinski definition) is 4. The summed E-state index contributed by atoms with van der Waals surface area (Å²) in [6, 6.07) is 5.35. The number of thiazole rings is 1. The summed E-state index contributed by atoms with van der Waals surface area (Å²) in [6.45, 7) is 0. The van der Waals surface area contributed by atoms with Crippen molar-refractivity contribution < 1.29 is 9.53 Å². The number of rotatable bonds is 2. The first-order chi connectivity index (χ1) is 8.19. The monoisotopic (exact) mass is 247 g/mol. The third-order valence-electron chi connectivity index (χ3n) is 2.57. The van der Waals surface area contributed by atoms with E-state index in [1.165, 1.54) is 11.3 Å². The van der Waals surface area contributed by atoms with Crippen LogP contribution in [0.3, 0.4) is 0 Å². The van der Waals surface area contributed by atoms with Crippen molar-refractivity contribution in [2.75, 3.05) is 7.11 Å². The SMILES string of the molecule is COc1cn2c(n1)sc1cc(C(N)=O)ccc12. The Morgan fingerprint density at radius 2 is 2.35 bits per heavy atom. The maximum atomic E-state index is 11.1. The molecule has 0 radical (unpaired) electrons. The van der Waals surface area contributed by atoms with Crippen molar-refractivity contribution in [3.63, 3.8) is 0 Å². The van der Waals surface area contributed by atoms with E-state index in [-0.39, 0.29) is 0 Å². The van der Waals surface area contributed by atoms with Gasteiger partial charge in [0.15, 0.2) is 4.96 Å². The number of carbonyl (C=O) groups is 1. The van der Waals surface area contributed by atoms with Crippen LogP contribution in [0.4, 0.5) is 0 Å². The second-order valence-electron chi connectivity index (χ2n) is 3.58. The topological polar surface area (TPSA) is 69.6 Å². The molecule has 1 aromatic carbocycles. The molecule has 3 aromatic rings. The maximum absolute atomic E-state index is 11.1. The normalized spacial score (nSPS) is 11.1. The average molecular weight is 247 g/mol. The quantitative estimate of drug-likeness (QED) is 0.748. The Morgan fingerprint density at radius 3 is 3.06 bits per heavy atom. The van der Waals surface area contributed by atoms with E-state index in [4.69, 9.17) is 10.5 Å². The van der Waals surface area contributed by atoms with Gasteiger partial charge in [0.25, 0.3) is 0 Å². The summed E-state index contributed by atoms with van der Waals surface area (Å²) >= 11 is 1.49. The number of primary amides is 1. The van der Waals surface area contributed by atoms with Crippen LogP contribution >= 0.6 is 11.3 Å². The predicted molar refractivity (Wildman–Crippen MR) is 65.6 cm³/mol. The van der Waals surface area contributed by atoms with Gasteiger partial charge in [-0.15, -0.1) is 0 Å². The Bertz CT molecular complexity index is 729. The van der Waals surface area contributed by atoms with Gasteiger partial charge in [0.2, 0.25) is 11.8 Å². The summed E-state index contributed by atoms with van der Waals surface area (Å²) in [5.74, 6) is 0.160. The molecule has 0 saturated heterocycles. The summed E-state index contributed by atoms with van der Waals surface area (Å²) in [5.41, 5.74) is 6.74. The smallest absolute Gasteiger partial charge is 0.248 e. The van der Waals surface area contributed by atoms with Crippen LogP contribution < -0.4 is 10.5 Å². The molecule has 5 nitrogen and oxygen atoms in total. The zero-order valence-electron chi connectivity index (χ0n) is 9.01. The molecule has 2 aromatic heterocycles. The van der Waals surface area contributed by atoms with Crippen molar-refractivity contribution in [1.82, 2.24) is 9.38 Å². The Morgan fingerprint density at radius 1 is 1.53 bits per heavy atom. The highest BCUT2D eigenvalue weighted by molar-refractivity contribution is 7.23. The van der Waals surface area contributed by atoms with E-state index in [1.54, 1.807) is 19.2 Å². The summed E-state index contributed by atoms with van der Waals surface area (Å²) in [4.78, 5) is 16.2. The number of benzene rings is 1. The fourth-order valence-electron chi connectivity index (χ4n) is 1.73. The van der Waals surface area contributed by atoms with Crippen molar-refractivity contribution in [1.29, 1.82) is 0 Å². The molecule has 2 heterocycles. The summed E-state index contributed by atoms with van der Waals surface area (Å²) in [7, 11) is 1.58. The van der Waals surface area contributed by atoms with Crippen LogP contribution in [0.25, 0.3) is 15.2 Å². The van der Waals surface area contributed by atoms with Gasteiger partial charge in [0, 0.05) is 5.56 Å². The van der Waals surface area contributed by atoms with E-state index in [2.05, 4.69) is 4.98 Å². The Hall–Kier alpha value is -2.08. The van der Waals surface area contributed by atoms with Gasteiger partial charge in [-0.1, -0.05) is 11.3 Å². The maximum Gasteiger partial charge on any atom is 0.248 e. The Kier molecular flexibility index (Phi) is 2.05. The second kappa shape index (κ2) is 3.46. The zero-order valence-corrected chi connectivity index (χ0v) is 9.82. The Balaban J connectivity index is 2.30. The van der Waals surface area contributed by atoms with Crippen LogP contribution in [-0.4, -0.2) is 22.4 Å². The first-order valence-corrected chi connectivity index (χ1v) is 5.76. The molecule has 6 heteroatoms. The van der Waals surface area contributed by atoms with Gasteiger partial charge in [-0.05, 0) is 18.2 Å². The molecule has 0 aliphatic carbocycles. The van der Waals surface area contributed by atoms with E-state index < -0.39 is 5.91 Å². The minimum Gasteiger partial charge on any atom is -0.480 e. The molecule has 2 N–H and O–H groups in total. The van der Waals surface area contributed by atoms with Crippen LogP contribution in [0.15, 0.2) is 24.4 Å². The molecule has 0 atom stereocenters. The van der Waals surface area contributed by atoms with Gasteiger partial charge in [0.05, 0.1) is 23.5 Å². The summed E-state index contributed by atoms with van der Waals surface area (Å²) < 4.78 is 7.98. The molecule has 86 valence electrons. The van der Waals surface area contributed by atoms with Gasteiger partial charge in [-0.25, -0.2) is 0 Å². The first kappa shape index (κ1) is 10.1. The molecule has 0 bridgehead atoms. The standard InChI is InChI=1S/C11H9N3O2S/c1-16-9-5-14-7-3-2-6(10(12)15)4-8(7)17-11(14)13-9/h2-5H,1H3,(H2,12,15). The van der Waals surface area contributed by atoms with E-state index in [1.807, 2.05) is 16.7 Å². The zero-order chi connectivity index (χ0) is 12.0. The van der Waals surface area contributed by atoms with Crippen molar-refractivity contribution in [3.05, 3.63) is 30.0 Å². The largest absolute Gasteiger partial charge is 0.480 e. The van der Waals surface area contributed by atoms with Crippen LogP contribution in [-0.2, 0) is 0 Å². The lowest BCUT2D eigenvalue weighted by molar-refractivity contribution is 0.100. The third kappa shape index (κ3) is 1.45. The molecule has 0 fully saturated rings. The number of imidazole rings is 1. The molecule has 0 aliphatic heterocycles. The van der Waals surface area contributed by atoms with E-state index in [0.29, 0.717) is 11.4 Å². The number of carbonyl (C=O) groups excluding carboxylic acids is 1. The van der Waals surface area contributed by atoms with Crippen molar-refractivity contribution in [3.8, 4) is 5.88 Å². The number of methoxy groups -OCH3 is 1. The highest BCUT2D eigenvalue weighted by Crippen LogP contribution is 2.28. The predicted octanol–water partition coefficient (Wildman–Crippen LogP) is 1.66. The fraction of sp³-hybridized carbons (Fsp3) is 0.0909. The molecular formula is C11H9N3O2S. The lowest BCUT2D eigenvalue weighted by atomic mass is 10.2. The van der Waals surface area contributed by atoms with Crippen LogP contribution in [0.5, 0.6) is 5.88 Å². The number of fused-ring (bicyclic) bond motifs is 3. The molecule has 0 saturated carbocycles. The second-order valence-corrected chi connectivity index (χ2v) is 4.59. The van der Waals surface area contributed by atoms with Crippen LogP contribution in [0.1, 0.15) is 10.4 Å². The minimum atomic E-state index is -0.421. The van der Waals surface area contributed by atoms with Crippen molar-refractivity contribution in [2.45, 2.75) is 0 Å². The number of hydrogen-bond donors (Lipinski definition) is 1. The Labute approximate surface area is 100 Å². The molecule has 3 rings (SSSR count). The number of nitrogens with two attached hydrogens (primary N) is 1. The van der Waals surface area contributed by atoms with Gasteiger partial charge in [-0.3, -0.25) is 9.20 Å². The van der Waals surface area contributed by atoms with E-state index >= 15 is 0 Å². The highest BCUT2D eigenvalue weighted by Gasteiger charge is 2.10. The van der Waals surface area contributed by atoms with Crippen LogP contribution in [0.2, 0.25) is 0 Å². The van der Waals surface area contributed by atoms with Crippen LogP contribution in [0, 0.1) is 0 Å². The van der Waals surface area contributed by atoms with E-state index in [9.17, 15) is 4.79 Å². The molecule has 17 heavy (non-hydrogen) atoms. The van der Waals surface area contributed by atoms with Gasteiger partial charge < -0.3 is 10.5 Å². The lowest BCUT2D eigenvalue weighted by Gasteiger charge is -1.95. The number of amides is 1. The molecule has 0 unspecified atom stereocenters. The molecule has 0 aliphatic rings. The number of aromatic nitrogens is 2. The fourth-order valence-corrected chi connectivity index (χ4v) is 2.77. The molecule has 1 amide bonds. The third-order valence-corrected chi connectivity index (χ3v) is 3.58. The van der Waals surface area contributed by atoms with Gasteiger partial charge in [-0.2, -0.15) is 4.98 Å². The van der Waals surface area contributed by atoms with Gasteiger partial charge >= 0.3 is 0 Å². The van der Waals surface area contributed by atoms with Gasteiger partial charge in [0.1, 0.15) is 0 Å². The first-order valence-electron chi connectivity index (χ1n) is 4.94. The number of ether oxygens (including phenoxy) is 1. The van der Waals surface area contributed by atoms with Crippen molar-refractivity contribution >= 4 is 32.4 Å². The minimum absolute atomic E-state index is 0.421. The van der Waals surface area contributed by atoms with E-state index in [0.717, 1.165) is 15.2 Å². The number of nitrogens with zero attached hydrogens (tertiary/aromatic N) is 2. The average Bonchev–Trinajstić information content (AvgIpc) is 2.84. The molecular weight excluding hydrogens is 238 g/mol. The summed E-state index contributed by atoms with van der Waals surface area (Å²) in [5, 5.41) is 0.